The second kappa shape index (κ2) is 6.62. The molecule has 1 fully saturated rings. The van der Waals surface area contributed by atoms with E-state index in [0.29, 0.717) is 0 Å². The van der Waals surface area contributed by atoms with E-state index >= 15 is 0 Å². The molecule has 7 heteroatoms. The summed E-state index contributed by atoms with van der Waals surface area (Å²) in [6.07, 6.45) is 9.21. The molecule has 0 aliphatic carbocycles. The van der Waals surface area contributed by atoms with E-state index in [9.17, 15) is 0 Å². The van der Waals surface area contributed by atoms with Gasteiger partial charge in [-0.25, -0.2) is 4.98 Å². The van der Waals surface area contributed by atoms with Gasteiger partial charge in [-0.2, -0.15) is 0 Å². The van der Waals surface area contributed by atoms with Gasteiger partial charge in [0.2, 0.25) is 0 Å². The molecule has 1 N–H and O–H groups in total. The lowest BCUT2D eigenvalue weighted by Gasteiger charge is -2.31. The van der Waals surface area contributed by atoms with E-state index in [1.165, 1.54) is 18.5 Å². The Bertz CT molecular complexity index is 556. The lowest BCUT2D eigenvalue weighted by Crippen LogP contribution is -2.34. The number of aromatic nitrogens is 5. The Labute approximate surface area is 129 Å². The van der Waals surface area contributed by atoms with Gasteiger partial charge < -0.3 is 9.55 Å². The van der Waals surface area contributed by atoms with Gasteiger partial charge in [0, 0.05) is 31.9 Å². The van der Waals surface area contributed by atoms with Gasteiger partial charge in [-0.3, -0.25) is 4.90 Å². The topological polar surface area (TPSA) is 62.6 Å². The van der Waals surface area contributed by atoms with E-state index in [1.807, 2.05) is 12.5 Å². The number of aromatic amines is 1. The summed E-state index contributed by atoms with van der Waals surface area (Å²) in [6, 6.07) is 0. The Morgan fingerprint density at radius 2 is 2.14 bits per heavy atom. The van der Waals surface area contributed by atoms with Crippen LogP contribution < -0.4 is 0 Å². The fourth-order valence-corrected chi connectivity index (χ4v) is 3.42. The summed E-state index contributed by atoms with van der Waals surface area (Å²) in [4.78, 5) is 9.75. The minimum atomic E-state index is 0.723. The standard InChI is InChI=1S/C14H22N6S/c1-19-13(17-18-14(19)21-2)7-11-3-5-20(6-4-11)9-12-8-15-10-16-12/h8,10-11H,3-7,9H2,1-2H3,(H,15,16). The van der Waals surface area contributed by atoms with Crippen molar-refractivity contribution in [2.45, 2.75) is 31.0 Å². The van der Waals surface area contributed by atoms with E-state index < -0.39 is 0 Å². The van der Waals surface area contributed by atoms with Crippen molar-refractivity contribution in [3.05, 3.63) is 24.0 Å². The number of rotatable bonds is 5. The first kappa shape index (κ1) is 14.6. The first-order chi connectivity index (χ1) is 10.3. The maximum absolute atomic E-state index is 4.33. The van der Waals surface area contributed by atoms with Crippen molar-refractivity contribution in [2.24, 2.45) is 13.0 Å². The van der Waals surface area contributed by atoms with E-state index in [1.54, 1.807) is 18.1 Å². The summed E-state index contributed by atoms with van der Waals surface area (Å²) in [5, 5.41) is 9.55. The predicted octanol–water partition coefficient (Wildman–Crippen LogP) is 1.71. The molecule has 0 saturated carbocycles. The fraction of sp³-hybridized carbons (Fsp3) is 0.643. The molecule has 114 valence electrons. The summed E-state index contributed by atoms with van der Waals surface area (Å²) in [5.41, 5.74) is 1.20. The molecule has 1 aliphatic heterocycles. The number of nitrogens with zero attached hydrogens (tertiary/aromatic N) is 5. The molecule has 6 nitrogen and oxygen atoms in total. The third-order valence-electron chi connectivity index (χ3n) is 4.23. The number of likely N-dealkylation sites (tertiary alicyclic amines) is 1. The van der Waals surface area contributed by atoms with Crippen molar-refractivity contribution in [2.75, 3.05) is 19.3 Å². The van der Waals surface area contributed by atoms with Crippen LogP contribution in [0.3, 0.4) is 0 Å². The summed E-state index contributed by atoms with van der Waals surface area (Å²) in [7, 11) is 2.06. The molecule has 0 bridgehead atoms. The van der Waals surface area contributed by atoms with Crippen LogP contribution in [0.2, 0.25) is 0 Å². The van der Waals surface area contributed by atoms with Crippen molar-refractivity contribution in [1.82, 2.24) is 29.6 Å². The lowest BCUT2D eigenvalue weighted by atomic mass is 9.93. The SMILES string of the molecule is CSc1nnc(CC2CCN(Cc3cnc[nH]3)CC2)n1C. The van der Waals surface area contributed by atoms with Crippen molar-refractivity contribution in [3.8, 4) is 0 Å². The molecule has 1 saturated heterocycles. The van der Waals surface area contributed by atoms with Gasteiger partial charge in [0.1, 0.15) is 5.82 Å². The van der Waals surface area contributed by atoms with Gasteiger partial charge in [0.25, 0.3) is 0 Å². The number of piperidine rings is 1. The van der Waals surface area contributed by atoms with Crippen LogP contribution in [0.1, 0.15) is 24.4 Å². The average molecular weight is 306 g/mol. The molecule has 2 aromatic rings. The zero-order valence-corrected chi connectivity index (χ0v) is 13.4. The van der Waals surface area contributed by atoms with Crippen LogP contribution in [0, 0.1) is 5.92 Å². The molecule has 2 aromatic heterocycles. The Hall–Kier alpha value is -1.34. The highest BCUT2D eigenvalue weighted by Crippen LogP contribution is 2.23. The summed E-state index contributed by atoms with van der Waals surface area (Å²) in [5.74, 6) is 1.84. The number of H-pyrrole nitrogens is 1. The lowest BCUT2D eigenvalue weighted by molar-refractivity contribution is 0.174. The molecule has 0 aromatic carbocycles. The second-order valence-electron chi connectivity index (χ2n) is 5.66. The average Bonchev–Trinajstić information content (AvgIpc) is 3.12. The fourth-order valence-electron chi connectivity index (χ4n) is 2.92. The molecule has 0 amide bonds. The van der Waals surface area contributed by atoms with Crippen LogP contribution in [0.25, 0.3) is 0 Å². The van der Waals surface area contributed by atoms with Gasteiger partial charge in [-0.15, -0.1) is 10.2 Å². The first-order valence-corrected chi connectivity index (χ1v) is 8.60. The van der Waals surface area contributed by atoms with Crippen LogP contribution in [-0.2, 0) is 20.0 Å². The van der Waals surface area contributed by atoms with Gasteiger partial charge in [-0.05, 0) is 38.1 Å². The highest BCUT2D eigenvalue weighted by atomic mass is 32.2. The van der Waals surface area contributed by atoms with Crippen molar-refractivity contribution < 1.29 is 0 Å². The number of imidazole rings is 1. The minimum Gasteiger partial charge on any atom is -0.347 e. The van der Waals surface area contributed by atoms with Crippen LogP contribution in [0.5, 0.6) is 0 Å². The number of hydrogen-bond acceptors (Lipinski definition) is 5. The molecular formula is C14H22N6S. The molecule has 21 heavy (non-hydrogen) atoms. The zero-order valence-electron chi connectivity index (χ0n) is 12.6. The van der Waals surface area contributed by atoms with E-state index in [2.05, 4.69) is 36.7 Å². The summed E-state index contributed by atoms with van der Waals surface area (Å²) in [6.45, 7) is 3.28. The third-order valence-corrected chi connectivity index (χ3v) is 4.96. The molecule has 3 rings (SSSR count). The second-order valence-corrected chi connectivity index (χ2v) is 6.44. The van der Waals surface area contributed by atoms with Crippen LogP contribution >= 0.6 is 11.8 Å². The molecule has 0 unspecified atom stereocenters. The molecule has 0 atom stereocenters. The predicted molar refractivity (Wildman–Crippen MR) is 83.1 cm³/mol. The summed E-state index contributed by atoms with van der Waals surface area (Å²) < 4.78 is 2.13. The molecule has 0 spiro atoms. The highest BCUT2D eigenvalue weighted by Gasteiger charge is 2.22. The van der Waals surface area contributed by atoms with Gasteiger partial charge >= 0.3 is 0 Å². The van der Waals surface area contributed by atoms with Gasteiger partial charge in [0.15, 0.2) is 5.16 Å². The monoisotopic (exact) mass is 306 g/mol. The Morgan fingerprint density at radius 3 is 2.76 bits per heavy atom. The molecular weight excluding hydrogens is 284 g/mol. The maximum Gasteiger partial charge on any atom is 0.190 e. The minimum absolute atomic E-state index is 0.723. The number of nitrogens with one attached hydrogen (secondary N) is 1. The largest absolute Gasteiger partial charge is 0.347 e. The van der Waals surface area contributed by atoms with Gasteiger partial charge in [-0.1, -0.05) is 11.8 Å². The zero-order chi connectivity index (χ0) is 14.7. The third kappa shape index (κ3) is 3.47. The van der Waals surface area contributed by atoms with Gasteiger partial charge in [0.05, 0.1) is 6.33 Å². The molecule has 0 radical (unpaired) electrons. The summed E-state index contributed by atoms with van der Waals surface area (Å²) >= 11 is 1.65. The molecule has 1 aliphatic rings. The van der Waals surface area contributed by atoms with Crippen LogP contribution in [0.4, 0.5) is 0 Å². The normalized spacial score (nSPS) is 17.4. The number of thioether (sulfide) groups is 1. The number of hydrogen-bond donors (Lipinski definition) is 1. The quantitative estimate of drug-likeness (QED) is 0.852. The maximum atomic E-state index is 4.33. The van der Waals surface area contributed by atoms with Crippen molar-refractivity contribution in [1.29, 1.82) is 0 Å². The molecule has 3 heterocycles. The van der Waals surface area contributed by atoms with Crippen molar-refractivity contribution in [3.63, 3.8) is 0 Å². The first-order valence-electron chi connectivity index (χ1n) is 7.38. The Balaban J connectivity index is 1.50. The Kier molecular flexibility index (Phi) is 4.60. The van der Waals surface area contributed by atoms with E-state index in [4.69, 9.17) is 0 Å². The van der Waals surface area contributed by atoms with E-state index in [-0.39, 0.29) is 0 Å². The van der Waals surface area contributed by atoms with Crippen LogP contribution in [0.15, 0.2) is 17.7 Å². The smallest absolute Gasteiger partial charge is 0.190 e. The van der Waals surface area contributed by atoms with E-state index in [0.717, 1.165) is 43.0 Å². The Morgan fingerprint density at radius 1 is 1.33 bits per heavy atom. The van der Waals surface area contributed by atoms with Crippen molar-refractivity contribution >= 4 is 11.8 Å². The highest BCUT2D eigenvalue weighted by molar-refractivity contribution is 7.98. The van der Waals surface area contributed by atoms with Crippen LogP contribution in [-0.4, -0.2) is 49.0 Å².